The summed E-state index contributed by atoms with van der Waals surface area (Å²) >= 11 is 0. The molecule has 0 aromatic heterocycles. The molecule has 4 heteroatoms. The van der Waals surface area contributed by atoms with Gasteiger partial charge in [-0.1, -0.05) is 0 Å². The molecule has 0 unspecified atom stereocenters. The van der Waals surface area contributed by atoms with Crippen LogP contribution in [0, 0.1) is 0 Å². The van der Waals surface area contributed by atoms with Gasteiger partial charge < -0.3 is 15.6 Å². The third-order valence-corrected chi connectivity index (χ3v) is 1.62. The summed E-state index contributed by atoms with van der Waals surface area (Å²) in [4.78, 5) is 10.1. The van der Waals surface area contributed by atoms with E-state index in [9.17, 15) is 4.79 Å². The van der Waals surface area contributed by atoms with Gasteiger partial charge in [-0.15, -0.1) is 0 Å². The van der Waals surface area contributed by atoms with Crippen molar-refractivity contribution in [3.8, 4) is 0 Å². The molecule has 0 atom stereocenters. The van der Waals surface area contributed by atoms with Gasteiger partial charge in [-0.05, 0) is 6.92 Å². The first kappa shape index (κ1) is 7.34. The highest BCUT2D eigenvalue weighted by Gasteiger charge is 2.40. The molecule has 1 saturated carbocycles. The molecule has 1 fully saturated rings. The minimum absolute atomic E-state index is 0.174. The number of hydrogen-bond donors (Lipinski definition) is 2. The maximum Gasteiger partial charge on any atom is 0.404 e. The van der Waals surface area contributed by atoms with Crippen molar-refractivity contribution < 1.29 is 14.6 Å². The second-order valence-corrected chi connectivity index (χ2v) is 2.96. The third kappa shape index (κ3) is 1.60. The lowest BCUT2D eigenvalue weighted by molar-refractivity contribution is -0.101. The number of carbonyl (C=O) groups excluding carboxylic acids is 1. The smallest absolute Gasteiger partial charge is 0.404 e. The van der Waals surface area contributed by atoms with Crippen molar-refractivity contribution in [2.24, 2.45) is 5.73 Å². The molecule has 0 saturated heterocycles. The monoisotopic (exact) mass is 145 g/mol. The molecule has 10 heavy (non-hydrogen) atoms. The Morgan fingerprint density at radius 3 is 2.60 bits per heavy atom. The number of rotatable bonds is 1. The van der Waals surface area contributed by atoms with E-state index < -0.39 is 11.7 Å². The molecule has 58 valence electrons. The molecular weight excluding hydrogens is 134 g/mol. The summed E-state index contributed by atoms with van der Waals surface area (Å²) in [7, 11) is 0. The zero-order valence-electron chi connectivity index (χ0n) is 5.83. The molecule has 0 spiro atoms. The number of nitrogens with two attached hydrogens (primary N) is 1. The Kier molecular flexibility index (Phi) is 1.56. The second-order valence-electron chi connectivity index (χ2n) is 2.96. The van der Waals surface area contributed by atoms with Gasteiger partial charge in [-0.3, -0.25) is 0 Å². The Balaban J connectivity index is 2.21. The zero-order chi connectivity index (χ0) is 7.78. The van der Waals surface area contributed by atoms with Gasteiger partial charge >= 0.3 is 6.09 Å². The van der Waals surface area contributed by atoms with E-state index >= 15 is 0 Å². The van der Waals surface area contributed by atoms with E-state index in [0.717, 1.165) is 0 Å². The van der Waals surface area contributed by atoms with Gasteiger partial charge in [0.1, 0.15) is 6.10 Å². The number of aliphatic hydroxyl groups is 1. The van der Waals surface area contributed by atoms with Crippen molar-refractivity contribution in [3.05, 3.63) is 0 Å². The molecule has 0 heterocycles. The van der Waals surface area contributed by atoms with Crippen molar-refractivity contribution in [1.82, 2.24) is 0 Å². The quantitative estimate of drug-likeness (QED) is 0.545. The Morgan fingerprint density at radius 1 is 1.80 bits per heavy atom. The summed E-state index contributed by atoms with van der Waals surface area (Å²) in [6, 6.07) is 0. The van der Waals surface area contributed by atoms with Crippen LogP contribution in [-0.4, -0.2) is 22.9 Å². The van der Waals surface area contributed by atoms with Gasteiger partial charge in [-0.25, -0.2) is 4.79 Å². The van der Waals surface area contributed by atoms with E-state index in [1.807, 2.05) is 0 Å². The van der Waals surface area contributed by atoms with Crippen LogP contribution in [0.25, 0.3) is 0 Å². The average Bonchev–Trinajstić information content (AvgIpc) is 1.57. The van der Waals surface area contributed by atoms with Crippen molar-refractivity contribution >= 4 is 6.09 Å². The van der Waals surface area contributed by atoms with E-state index in [2.05, 4.69) is 4.74 Å². The lowest BCUT2D eigenvalue weighted by atomic mass is 9.79. The zero-order valence-corrected chi connectivity index (χ0v) is 5.83. The van der Waals surface area contributed by atoms with E-state index in [1.54, 1.807) is 6.92 Å². The molecule has 0 aromatic carbocycles. The molecule has 4 nitrogen and oxygen atoms in total. The summed E-state index contributed by atoms with van der Waals surface area (Å²) in [5.74, 6) is 0. The first-order chi connectivity index (χ1) is 4.49. The summed E-state index contributed by atoms with van der Waals surface area (Å²) in [5, 5.41) is 9.16. The van der Waals surface area contributed by atoms with Crippen LogP contribution in [0.4, 0.5) is 4.79 Å². The van der Waals surface area contributed by atoms with Crippen LogP contribution < -0.4 is 5.73 Å². The van der Waals surface area contributed by atoms with Gasteiger partial charge in [0.15, 0.2) is 0 Å². The highest BCUT2D eigenvalue weighted by atomic mass is 16.6. The Bertz CT molecular complexity index is 147. The van der Waals surface area contributed by atoms with E-state index in [0.29, 0.717) is 12.8 Å². The fraction of sp³-hybridized carbons (Fsp3) is 0.833. The first-order valence-electron chi connectivity index (χ1n) is 3.18. The number of carbonyl (C=O) groups is 1. The topological polar surface area (TPSA) is 72.6 Å². The minimum atomic E-state index is -0.763. The standard InChI is InChI=1S/C6H11NO3/c1-6(9)2-4(3-6)10-5(7)8/h4,9H,2-3H2,1H3,(H2,7,8). The van der Waals surface area contributed by atoms with Crippen LogP contribution in [0.2, 0.25) is 0 Å². The van der Waals surface area contributed by atoms with Gasteiger partial charge in [0, 0.05) is 12.8 Å². The fourth-order valence-electron chi connectivity index (χ4n) is 1.17. The lowest BCUT2D eigenvalue weighted by Gasteiger charge is -2.39. The van der Waals surface area contributed by atoms with Gasteiger partial charge in [0.05, 0.1) is 5.60 Å². The van der Waals surface area contributed by atoms with E-state index in [-0.39, 0.29) is 6.10 Å². The van der Waals surface area contributed by atoms with E-state index in [1.165, 1.54) is 0 Å². The van der Waals surface area contributed by atoms with Gasteiger partial charge in [0.25, 0.3) is 0 Å². The normalized spacial score (nSPS) is 38.4. The predicted octanol–water partition coefficient (Wildman–Crippen LogP) is -0.00490. The van der Waals surface area contributed by atoms with Crippen LogP contribution in [-0.2, 0) is 4.74 Å². The lowest BCUT2D eigenvalue weighted by Crippen LogP contribution is -2.47. The average molecular weight is 145 g/mol. The molecule has 0 bridgehead atoms. The Hall–Kier alpha value is -0.770. The molecule has 0 radical (unpaired) electrons. The predicted molar refractivity (Wildman–Crippen MR) is 34.3 cm³/mol. The maximum atomic E-state index is 10.1. The molecule has 3 N–H and O–H groups in total. The van der Waals surface area contributed by atoms with Gasteiger partial charge in [0.2, 0.25) is 0 Å². The van der Waals surface area contributed by atoms with Gasteiger partial charge in [-0.2, -0.15) is 0 Å². The molecular formula is C6H11NO3. The van der Waals surface area contributed by atoms with Crippen molar-refractivity contribution in [2.45, 2.75) is 31.5 Å². The summed E-state index contributed by atoms with van der Waals surface area (Å²) in [6.45, 7) is 1.70. The SMILES string of the molecule is CC1(O)CC(OC(N)=O)C1. The van der Waals surface area contributed by atoms with Crippen LogP contribution in [0.15, 0.2) is 0 Å². The molecule has 0 aromatic rings. The van der Waals surface area contributed by atoms with Crippen molar-refractivity contribution in [2.75, 3.05) is 0 Å². The first-order valence-corrected chi connectivity index (χ1v) is 3.18. The minimum Gasteiger partial charge on any atom is -0.446 e. The Morgan fingerprint density at radius 2 is 2.30 bits per heavy atom. The van der Waals surface area contributed by atoms with Crippen LogP contribution >= 0.6 is 0 Å². The second kappa shape index (κ2) is 2.12. The fourth-order valence-corrected chi connectivity index (χ4v) is 1.17. The summed E-state index contributed by atoms with van der Waals surface area (Å²) < 4.78 is 4.60. The number of amides is 1. The molecule has 1 aliphatic rings. The number of primary amides is 1. The van der Waals surface area contributed by atoms with E-state index in [4.69, 9.17) is 10.8 Å². The summed E-state index contributed by atoms with van der Waals surface area (Å²) in [5.41, 5.74) is 4.10. The largest absolute Gasteiger partial charge is 0.446 e. The summed E-state index contributed by atoms with van der Waals surface area (Å²) in [6.07, 6.45) is 0.0549. The molecule has 1 aliphatic carbocycles. The molecule has 0 aliphatic heterocycles. The third-order valence-electron chi connectivity index (χ3n) is 1.62. The van der Waals surface area contributed by atoms with Crippen LogP contribution in [0.3, 0.4) is 0 Å². The molecule has 1 amide bonds. The van der Waals surface area contributed by atoms with Crippen LogP contribution in [0.5, 0.6) is 0 Å². The van der Waals surface area contributed by atoms with Crippen molar-refractivity contribution in [3.63, 3.8) is 0 Å². The number of hydrogen-bond acceptors (Lipinski definition) is 3. The highest BCUT2D eigenvalue weighted by Crippen LogP contribution is 2.33. The maximum absolute atomic E-state index is 10.1. The highest BCUT2D eigenvalue weighted by molar-refractivity contribution is 5.64. The van der Waals surface area contributed by atoms with Crippen LogP contribution in [0.1, 0.15) is 19.8 Å². The van der Waals surface area contributed by atoms with Crippen molar-refractivity contribution in [1.29, 1.82) is 0 Å². The Labute approximate surface area is 59.0 Å². The molecule has 1 rings (SSSR count). The number of ether oxygens (including phenoxy) is 1.